The minimum absolute atomic E-state index is 0.820. The molecule has 0 bridgehead atoms. The monoisotopic (exact) mass is 228 g/mol. The minimum atomic E-state index is 0.820. The summed E-state index contributed by atoms with van der Waals surface area (Å²) in [7, 11) is 0. The summed E-state index contributed by atoms with van der Waals surface area (Å²) in [6.07, 6.45) is 6.69. The van der Waals surface area contributed by atoms with Crippen LogP contribution in [0.3, 0.4) is 0 Å². The third-order valence-corrected chi connectivity index (χ3v) is 3.64. The Bertz CT molecular complexity index is 194. The molecular formula is C12H24N2S. The third kappa shape index (κ3) is 4.83. The molecule has 3 heteroatoms. The Hall–Kier alpha value is -0.310. The smallest absolute Gasteiger partial charge is 0.166 e. The van der Waals surface area contributed by atoms with Gasteiger partial charge in [-0.25, -0.2) is 0 Å². The first-order valence-corrected chi connectivity index (χ1v) is 6.66. The highest BCUT2D eigenvalue weighted by molar-refractivity contribution is 7.80. The SMILES string of the molecule is CCCNC(=S)NCC1CCCCC1C. The highest BCUT2D eigenvalue weighted by Gasteiger charge is 2.20. The van der Waals surface area contributed by atoms with E-state index in [1.54, 1.807) is 0 Å². The number of hydrogen-bond acceptors (Lipinski definition) is 1. The molecule has 1 aliphatic rings. The first-order chi connectivity index (χ1) is 7.24. The van der Waals surface area contributed by atoms with E-state index >= 15 is 0 Å². The van der Waals surface area contributed by atoms with Crippen LogP contribution in [-0.2, 0) is 0 Å². The largest absolute Gasteiger partial charge is 0.363 e. The summed E-state index contributed by atoms with van der Waals surface area (Å²) in [5.41, 5.74) is 0. The Balaban J connectivity index is 2.14. The molecule has 0 amide bonds. The summed E-state index contributed by atoms with van der Waals surface area (Å²) >= 11 is 5.20. The first-order valence-electron chi connectivity index (χ1n) is 6.25. The highest BCUT2D eigenvalue weighted by Crippen LogP contribution is 2.28. The first kappa shape index (κ1) is 12.8. The molecule has 1 aliphatic carbocycles. The standard InChI is InChI=1S/C12H24N2S/c1-3-8-13-12(15)14-9-11-7-5-4-6-10(11)2/h10-11H,3-9H2,1-2H3,(H2,13,14,15). The van der Waals surface area contributed by atoms with Crippen molar-refractivity contribution < 1.29 is 0 Å². The van der Waals surface area contributed by atoms with E-state index in [9.17, 15) is 0 Å². The van der Waals surface area contributed by atoms with Gasteiger partial charge < -0.3 is 10.6 Å². The van der Waals surface area contributed by atoms with Crippen molar-refractivity contribution in [3.8, 4) is 0 Å². The number of nitrogens with one attached hydrogen (secondary N) is 2. The second-order valence-electron chi connectivity index (χ2n) is 4.66. The second-order valence-corrected chi connectivity index (χ2v) is 5.07. The van der Waals surface area contributed by atoms with Gasteiger partial charge in [0.25, 0.3) is 0 Å². The van der Waals surface area contributed by atoms with Gasteiger partial charge in [0.2, 0.25) is 0 Å². The van der Waals surface area contributed by atoms with Gasteiger partial charge in [0.15, 0.2) is 5.11 Å². The molecule has 1 fully saturated rings. The van der Waals surface area contributed by atoms with Crippen LogP contribution in [0.2, 0.25) is 0 Å². The summed E-state index contributed by atoms with van der Waals surface area (Å²) in [6, 6.07) is 0. The average Bonchev–Trinajstić information content (AvgIpc) is 2.25. The lowest BCUT2D eigenvalue weighted by atomic mass is 9.80. The number of rotatable bonds is 4. The van der Waals surface area contributed by atoms with Crippen LogP contribution in [0.5, 0.6) is 0 Å². The summed E-state index contributed by atoms with van der Waals surface area (Å²) in [5.74, 6) is 1.68. The molecule has 0 radical (unpaired) electrons. The van der Waals surface area contributed by atoms with Gasteiger partial charge in [0.1, 0.15) is 0 Å². The van der Waals surface area contributed by atoms with Gasteiger partial charge in [0.05, 0.1) is 0 Å². The lowest BCUT2D eigenvalue weighted by Crippen LogP contribution is -2.40. The normalized spacial score (nSPS) is 26.0. The lowest BCUT2D eigenvalue weighted by Gasteiger charge is -2.29. The van der Waals surface area contributed by atoms with E-state index < -0.39 is 0 Å². The van der Waals surface area contributed by atoms with E-state index in [0.717, 1.165) is 36.5 Å². The Morgan fingerprint density at radius 1 is 1.27 bits per heavy atom. The van der Waals surface area contributed by atoms with Crippen LogP contribution in [0.25, 0.3) is 0 Å². The zero-order valence-corrected chi connectivity index (χ0v) is 10.8. The van der Waals surface area contributed by atoms with E-state index in [1.807, 2.05) is 0 Å². The van der Waals surface area contributed by atoms with Gasteiger partial charge in [-0.15, -0.1) is 0 Å². The highest BCUT2D eigenvalue weighted by atomic mass is 32.1. The molecule has 0 heterocycles. The van der Waals surface area contributed by atoms with E-state index in [-0.39, 0.29) is 0 Å². The predicted molar refractivity (Wildman–Crippen MR) is 70.0 cm³/mol. The maximum Gasteiger partial charge on any atom is 0.166 e. The molecule has 0 aliphatic heterocycles. The van der Waals surface area contributed by atoms with Crippen LogP contribution in [0.1, 0.15) is 46.0 Å². The van der Waals surface area contributed by atoms with Gasteiger partial charge in [0, 0.05) is 13.1 Å². The molecule has 1 saturated carbocycles. The summed E-state index contributed by atoms with van der Waals surface area (Å²) < 4.78 is 0. The van der Waals surface area contributed by atoms with Gasteiger partial charge in [-0.2, -0.15) is 0 Å². The predicted octanol–water partition coefficient (Wildman–Crippen LogP) is 2.69. The van der Waals surface area contributed by atoms with Crippen LogP contribution in [0.4, 0.5) is 0 Å². The molecule has 0 spiro atoms. The molecule has 0 aromatic carbocycles. The molecule has 2 unspecified atom stereocenters. The fourth-order valence-electron chi connectivity index (χ4n) is 2.22. The van der Waals surface area contributed by atoms with Crippen molar-refractivity contribution in [2.45, 2.75) is 46.0 Å². The van der Waals surface area contributed by atoms with Crippen molar-refractivity contribution in [3.63, 3.8) is 0 Å². The molecule has 88 valence electrons. The van der Waals surface area contributed by atoms with Crippen molar-refractivity contribution in [1.82, 2.24) is 10.6 Å². The second kappa shape index (κ2) is 7.04. The Labute approximate surface area is 99.2 Å². The average molecular weight is 228 g/mol. The van der Waals surface area contributed by atoms with E-state index in [4.69, 9.17) is 12.2 Å². The van der Waals surface area contributed by atoms with Crippen LogP contribution >= 0.6 is 12.2 Å². The summed E-state index contributed by atoms with van der Waals surface area (Å²) in [4.78, 5) is 0. The third-order valence-electron chi connectivity index (χ3n) is 3.35. The maximum absolute atomic E-state index is 5.20. The summed E-state index contributed by atoms with van der Waals surface area (Å²) in [5, 5.41) is 7.37. The molecular weight excluding hydrogens is 204 g/mol. The Kier molecular flexibility index (Phi) is 5.99. The molecule has 1 rings (SSSR count). The molecule has 0 aromatic rings. The van der Waals surface area contributed by atoms with Crippen molar-refractivity contribution in [2.75, 3.05) is 13.1 Å². The van der Waals surface area contributed by atoms with Crippen molar-refractivity contribution >= 4 is 17.3 Å². The van der Waals surface area contributed by atoms with E-state index in [0.29, 0.717) is 0 Å². The van der Waals surface area contributed by atoms with Crippen molar-refractivity contribution in [1.29, 1.82) is 0 Å². The fourth-order valence-corrected chi connectivity index (χ4v) is 2.41. The van der Waals surface area contributed by atoms with Crippen LogP contribution in [0.15, 0.2) is 0 Å². The van der Waals surface area contributed by atoms with Crippen LogP contribution in [-0.4, -0.2) is 18.2 Å². The number of thiocarbonyl (C=S) groups is 1. The van der Waals surface area contributed by atoms with Crippen molar-refractivity contribution in [3.05, 3.63) is 0 Å². The topological polar surface area (TPSA) is 24.1 Å². The molecule has 2 atom stereocenters. The zero-order chi connectivity index (χ0) is 11.1. The van der Waals surface area contributed by atoms with Crippen LogP contribution in [0, 0.1) is 11.8 Å². The van der Waals surface area contributed by atoms with E-state index in [1.165, 1.54) is 25.7 Å². The quantitative estimate of drug-likeness (QED) is 0.724. The van der Waals surface area contributed by atoms with Gasteiger partial charge >= 0.3 is 0 Å². The van der Waals surface area contributed by atoms with Gasteiger partial charge in [-0.3, -0.25) is 0 Å². The fraction of sp³-hybridized carbons (Fsp3) is 0.917. The Morgan fingerprint density at radius 3 is 2.67 bits per heavy atom. The molecule has 0 aromatic heterocycles. The van der Waals surface area contributed by atoms with Crippen LogP contribution < -0.4 is 10.6 Å². The summed E-state index contributed by atoms with van der Waals surface area (Å²) in [6.45, 7) is 6.55. The number of hydrogen-bond donors (Lipinski definition) is 2. The lowest BCUT2D eigenvalue weighted by molar-refractivity contribution is 0.256. The minimum Gasteiger partial charge on any atom is -0.363 e. The van der Waals surface area contributed by atoms with Crippen molar-refractivity contribution in [2.24, 2.45) is 11.8 Å². The van der Waals surface area contributed by atoms with Gasteiger partial charge in [-0.05, 0) is 36.9 Å². The molecule has 2 N–H and O–H groups in total. The molecule has 15 heavy (non-hydrogen) atoms. The maximum atomic E-state index is 5.20. The van der Waals surface area contributed by atoms with Gasteiger partial charge in [-0.1, -0.05) is 33.1 Å². The zero-order valence-electron chi connectivity index (χ0n) is 10.0. The van der Waals surface area contributed by atoms with E-state index in [2.05, 4.69) is 24.5 Å². The molecule has 2 nitrogen and oxygen atoms in total. The molecule has 0 saturated heterocycles. The Morgan fingerprint density at radius 2 is 2.00 bits per heavy atom.